The van der Waals surface area contributed by atoms with E-state index in [4.69, 9.17) is 4.42 Å². The van der Waals surface area contributed by atoms with Crippen molar-refractivity contribution in [2.45, 2.75) is 11.7 Å². The van der Waals surface area contributed by atoms with Crippen LogP contribution in [-0.2, 0) is 11.2 Å². The lowest BCUT2D eigenvalue weighted by Gasteiger charge is -2.12. The maximum atomic E-state index is 12.8. The molecule has 2 aromatic carbocycles. The minimum Gasteiger partial charge on any atom is -0.455 e. The number of carbonyl (C=O) groups excluding carboxylic acids is 1. The Bertz CT molecular complexity index is 1120. The summed E-state index contributed by atoms with van der Waals surface area (Å²) in [6.07, 6.45) is 3.89. The predicted molar refractivity (Wildman–Crippen MR) is 130 cm³/mol. The molecule has 1 saturated heterocycles. The van der Waals surface area contributed by atoms with Crippen molar-refractivity contribution in [1.29, 1.82) is 0 Å². The predicted octanol–water partition coefficient (Wildman–Crippen LogP) is 5.77. The molecule has 0 aliphatic carbocycles. The highest BCUT2D eigenvalue weighted by molar-refractivity contribution is 9.10. The van der Waals surface area contributed by atoms with Crippen LogP contribution in [0.15, 0.2) is 98.5 Å². The molecule has 31 heavy (non-hydrogen) atoms. The summed E-state index contributed by atoms with van der Waals surface area (Å²) in [6.45, 7) is 4.16. The van der Waals surface area contributed by atoms with Gasteiger partial charge in [0.05, 0.1) is 11.5 Å². The maximum absolute atomic E-state index is 12.8. The van der Waals surface area contributed by atoms with Gasteiger partial charge in [-0.1, -0.05) is 76.2 Å². The van der Waals surface area contributed by atoms with Gasteiger partial charge < -0.3 is 4.42 Å². The molecule has 156 valence electrons. The zero-order chi connectivity index (χ0) is 21.6. The van der Waals surface area contributed by atoms with Crippen LogP contribution < -0.4 is 0 Å². The summed E-state index contributed by atoms with van der Waals surface area (Å²) < 4.78 is 6.85. The highest BCUT2D eigenvalue weighted by Crippen LogP contribution is 2.30. The highest BCUT2D eigenvalue weighted by atomic mass is 79.9. The lowest BCUT2D eigenvalue weighted by molar-refractivity contribution is -0.125. The molecule has 1 aliphatic rings. The summed E-state index contributed by atoms with van der Waals surface area (Å²) in [5.41, 5.74) is 2.10. The van der Waals surface area contributed by atoms with Gasteiger partial charge in [-0.05, 0) is 36.2 Å². The minimum atomic E-state index is -0.219. The van der Waals surface area contributed by atoms with E-state index in [0.717, 1.165) is 21.4 Å². The molecule has 0 bridgehead atoms. The third-order valence-electron chi connectivity index (χ3n) is 4.68. The van der Waals surface area contributed by atoms with Crippen LogP contribution in [0.1, 0.15) is 11.3 Å². The molecule has 0 N–H and O–H groups in total. The van der Waals surface area contributed by atoms with Crippen LogP contribution >= 0.6 is 27.7 Å². The van der Waals surface area contributed by atoms with Gasteiger partial charge in [0, 0.05) is 16.6 Å². The molecule has 1 aromatic heterocycles. The minimum absolute atomic E-state index is 0.0261. The van der Waals surface area contributed by atoms with E-state index in [0.29, 0.717) is 23.9 Å². The summed E-state index contributed by atoms with van der Waals surface area (Å²) in [4.78, 5) is 14.5. The van der Waals surface area contributed by atoms with Gasteiger partial charge in [0.15, 0.2) is 5.17 Å². The van der Waals surface area contributed by atoms with Crippen molar-refractivity contribution >= 4 is 45.0 Å². The fourth-order valence-corrected chi connectivity index (χ4v) is 4.58. The molecule has 1 aliphatic heterocycles. The van der Waals surface area contributed by atoms with E-state index in [2.05, 4.69) is 32.7 Å². The number of nitrogens with zero attached hydrogens (tertiary/aromatic N) is 3. The number of halogens is 1. The third kappa shape index (κ3) is 5.24. The van der Waals surface area contributed by atoms with Crippen molar-refractivity contribution in [2.24, 2.45) is 10.2 Å². The molecule has 2 heterocycles. The fourth-order valence-electron chi connectivity index (χ4n) is 3.17. The van der Waals surface area contributed by atoms with Gasteiger partial charge in [-0.2, -0.15) is 5.10 Å². The number of thioether (sulfide) groups is 1. The number of furan rings is 1. The Morgan fingerprint density at radius 1 is 1.10 bits per heavy atom. The van der Waals surface area contributed by atoms with Crippen molar-refractivity contribution in [1.82, 2.24) is 4.90 Å². The number of hydrogen-bond acceptors (Lipinski definition) is 5. The second-order valence-electron chi connectivity index (χ2n) is 6.87. The first kappa shape index (κ1) is 21.3. The Kier molecular flexibility index (Phi) is 6.84. The summed E-state index contributed by atoms with van der Waals surface area (Å²) >= 11 is 4.86. The van der Waals surface area contributed by atoms with Crippen LogP contribution in [0, 0.1) is 0 Å². The second kappa shape index (κ2) is 9.94. The number of rotatable bonds is 7. The van der Waals surface area contributed by atoms with Crippen LogP contribution in [0.4, 0.5) is 0 Å². The second-order valence-corrected chi connectivity index (χ2v) is 8.96. The van der Waals surface area contributed by atoms with Gasteiger partial charge in [-0.3, -0.25) is 9.69 Å². The van der Waals surface area contributed by atoms with Gasteiger partial charge >= 0.3 is 0 Å². The SMILES string of the molecule is C=CCN1C(=O)C(Cc2ccccc2)SC1=NN=Cc1ccc(-c2ccc(Br)cc2)o1. The molecule has 1 amide bonds. The maximum Gasteiger partial charge on any atom is 0.242 e. The van der Waals surface area contributed by atoms with E-state index in [1.165, 1.54) is 11.8 Å². The topological polar surface area (TPSA) is 58.2 Å². The molecule has 0 spiro atoms. The van der Waals surface area contributed by atoms with Crippen LogP contribution in [0.25, 0.3) is 11.3 Å². The summed E-state index contributed by atoms with van der Waals surface area (Å²) in [6, 6.07) is 21.6. The summed E-state index contributed by atoms with van der Waals surface area (Å²) in [5, 5.41) is 8.81. The number of hydrogen-bond donors (Lipinski definition) is 0. The van der Waals surface area contributed by atoms with E-state index >= 15 is 0 Å². The molecule has 1 atom stereocenters. The van der Waals surface area contributed by atoms with E-state index in [-0.39, 0.29) is 11.2 Å². The summed E-state index contributed by atoms with van der Waals surface area (Å²) in [5.74, 6) is 1.37. The Morgan fingerprint density at radius 3 is 2.61 bits per heavy atom. The number of amidine groups is 1. The fraction of sp³-hybridized carbons (Fsp3) is 0.125. The molecular weight excluding hydrogens is 474 g/mol. The van der Waals surface area contributed by atoms with Crippen molar-refractivity contribution in [3.05, 3.63) is 95.2 Å². The quantitative estimate of drug-likeness (QED) is 0.238. The molecule has 5 nitrogen and oxygen atoms in total. The summed E-state index contributed by atoms with van der Waals surface area (Å²) in [7, 11) is 0. The Labute approximate surface area is 193 Å². The van der Waals surface area contributed by atoms with Gasteiger partial charge in [0.2, 0.25) is 5.91 Å². The first-order valence-electron chi connectivity index (χ1n) is 9.73. The number of carbonyl (C=O) groups is 1. The van der Waals surface area contributed by atoms with E-state index in [1.54, 1.807) is 17.2 Å². The van der Waals surface area contributed by atoms with Crippen LogP contribution in [0.5, 0.6) is 0 Å². The average molecular weight is 494 g/mol. The van der Waals surface area contributed by atoms with Crippen LogP contribution in [0.3, 0.4) is 0 Å². The highest BCUT2D eigenvalue weighted by Gasteiger charge is 2.37. The van der Waals surface area contributed by atoms with E-state index in [9.17, 15) is 4.79 Å². The Morgan fingerprint density at radius 2 is 1.87 bits per heavy atom. The van der Waals surface area contributed by atoms with Crippen molar-refractivity contribution in [3.63, 3.8) is 0 Å². The number of benzene rings is 2. The van der Waals surface area contributed by atoms with Crippen LogP contribution in [0.2, 0.25) is 0 Å². The standard InChI is InChI=1S/C24H20BrN3O2S/c1-2-14-28-23(29)22(15-17-6-4-3-5-7-17)31-24(28)27-26-16-20-12-13-21(30-20)18-8-10-19(25)11-9-18/h2-13,16,22H,1,14-15H2. The van der Waals surface area contributed by atoms with Crippen molar-refractivity contribution in [3.8, 4) is 11.3 Å². The third-order valence-corrected chi connectivity index (χ3v) is 6.37. The van der Waals surface area contributed by atoms with Gasteiger partial charge in [-0.25, -0.2) is 0 Å². The Balaban J connectivity index is 1.47. The zero-order valence-corrected chi connectivity index (χ0v) is 19.1. The molecule has 4 rings (SSSR count). The molecule has 1 unspecified atom stereocenters. The molecule has 1 fully saturated rings. The first-order valence-corrected chi connectivity index (χ1v) is 11.4. The van der Waals surface area contributed by atoms with E-state index in [1.807, 2.05) is 66.7 Å². The lowest BCUT2D eigenvalue weighted by atomic mass is 10.1. The molecule has 0 radical (unpaired) electrons. The zero-order valence-electron chi connectivity index (χ0n) is 16.6. The molecular formula is C24H20BrN3O2S. The largest absolute Gasteiger partial charge is 0.455 e. The molecule has 0 saturated carbocycles. The van der Waals surface area contributed by atoms with Gasteiger partial charge in [0.25, 0.3) is 0 Å². The van der Waals surface area contributed by atoms with Crippen molar-refractivity contribution < 1.29 is 9.21 Å². The smallest absolute Gasteiger partial charge is 0.242 e. The average Bonchev–Trinajstić information content (AvgIpc) is 3.36. The van der Waals surface area contributed by atoms with E-state index < -0.39 is 0 Å². The van der Waals surface area contributed by atoms with Gasteiger partial charge in [0.1, 0.15) is 11.5 Å². The van der Waals surface area contributed by atoms with Crippen molar-refractivity contribution in [2.75, 3.05) is 6.54 Å². The lowest BCUT2D eigenvalue weighted by Crippen LogP contribution is -2.32. The number of amides is 1. The molecule has 3 aromatic rings. The van der Waals surface area contributed by atoms with Gasteiger partial charge in [-0.15, -0.1) is 11.7 Å². The molecule has 7 heteroatoms. The first-order chi connectivity index (χ1) is 15.1. The monoisotopic (exact) mass is 493 g/mol. The van der Waals surface area contributed by atoms with Crippen LogP contribution in [-0.4, -0.2) is 34.0 Å². The Hall–Kier alpha value is -2.90. The normalized spacial score (nSPS) is 17.7.